The largest absolute Gasteiger partial charge is 0.491 e. The minimum absolute atomic E-state index is 0.174. The predicted molar refractivity (Wildman–Crippen MR) is 65.7 cm³/mol. The smallest absolute Gasteiger partial charge is 0.122 e. The van der Waals surface area contributed by atoms with E-state index in [0.29, 0.717) is 6.54 Å². The summed E-state index contributed by atoms with van der Waals surface area (Å²) in [5, 5.41) is 11.8. The number of ether oxygens (including phenoxy) is 1. The molecular formula is C13H21NO2. The molecule has 2 N–H and O–H groups in total. The van der Waals surface area contributed by atoms with Crippen LogP contribution in [0.15, 0.2) is 18.2 Å². The third-order valence-corrected chi connectivity index (χ3v) is 2.22. The van der Waals surface area contributed by atoms with Gasteiger partial charge in [0.05, 0.1) is 12.7 Å². The van der Waals surface area contributed by atoms with Gasteiger partial charge in [-0.2, -0.15) is 0 Å². The molecule has 0 aromatic heterocycles. The lowest BCUT2D eigenvalue weighted by Crippen LogP contribution is -2.17. The average molecular weight is 223 g/mol. The molecule has 0 bridgehead atoms. The number of hydrogen-bond donors (Lipinski definition) is 2. The Bertz CT molecular complexity index is 324. The van der Waals surface area contributed by atoms with Gasteiger partial charge in [-0.1, -0.05) is 12.1 Å². The van der Waals surface area contributed by atoms with Crippen LogP contribution < -0.4 is 10.1 Å². The molecule has 0 spiro atoms. The van der Waals surface area contributed by atoms with Crippen LogP contribution in [0.3, 0.4) is 0 Å². The van der Waals surface area contributed by atoms with E-state index in [1.165, 1.54) is 5.56 Å². The zero-order valence-corrected chi connectivity index (χ0v) is 10.3. The van der Waals surface area contributed by atoms with Gasteiger partial charge in [0.2, 0.25) is 0 Å². The van der Waals surface area contributed by atoms with Gasteiger partial charge in [-0.25, -0.2) is 0 Å². The molecular weight excluding hydrogens is 202 g/mol. The van der Waals surface area contributed by atoms with Crippen LogP contribution in [0.4, 0.5) is 0 Å². The van der Waals surface area contributed by atoms with E-state index in [0.717, 1.165) is 17.9 Å². The van der Waals surface area contributed by atoms with Crippen LogP contribution in [-0.4, -0.2) is 24.4 Å². The predicted octanol–water partition coefficient (Wildman–Crippen LogP) is 1.86. The molecule has 1 aromatic rings. The maximum atomic E-state index is 8.66. The number of hydrogen-bond acceptors (Lipinski definition) is 3. The molecule has 0 aliphatic rings. The number of benzene rings is 1. The maximum absolute atomic E-state index is 8.66. The second-order valence-corrected chi connectivity index (χ2v) is 4.17. The number of rotatable bonds is 6. The van der Waals surface area contributed by atoms with Crippen molar-refractivity contribution in [1.82, 2.24) is 5.32 Å². The third kappa shape index (κ3) is 4.21. The Morgan fingerprint density at radius 3 is 2.69 bits per heavy atom. The summed E-state index contributed by atoms with van der Waals surface area (Å²) >= 11 is 0. The van der Waals surface area contributed by atoms with E-state index in [1.807, 2.05) is 26.8 Å². The quantitative estimate of drug-likeness (QED) is 0.723. The first kappa shape index (κ1) is 13.0. The van der Waals surface area contributed by atoms with E-state index in [9.17, 15) is 0 Å². The summed E-state index contributed by atoms with van der Waals surface area (Å²) in [6.45, 7) is 7.68. The fourth-order valence-corrected chi connectivity index (χ4v) is 1.52. The highest BCUT2D eigenvalue weighted by Gasteiger charge is 2.02. The van der Waals surface area contributed by atoms with Gasteiger partial charge in [0.15, 0.2) is 0 Å². The highest BCUT2D eigenvalue weighted by atomic mass is 16.5. The van der Waals surface area contributed by atoms with E-state index in [-0.39, 0.29) is 12.7 Å². The highest BCUT2D eigenvalue weighted by Crippen LogP contribution is 2.20. The van der Waals surface area contributed by atoms with Crippen molar-refractivity contribution in [3.05, 3.63) is 29.3 Å². The highest BCUT2D eigenvalue weighted by molar-refractivity contribution is 5.36. The van der Waals surface area contributed by atoms with E-state index in [2.05, 4.69) is 17.4 Å². The van der Waals surface area contributed by atoms with E-state index < -0.39 is 0 Å². The van der Waals surface area contributed by atoms with Gasteiger partial charge in [0.25, 0.3) is 0 Å². The van der Waals surface area contributed by atoms with Crippen molar-refractivity contribution >= 4 is 0 Å². The lowest BCUT2D eigenvalue weighted by Gasteiger charge is -2.13. The topological polar surface area (TPSA) is 41.5 Å². The molecule has 90 valence electrons. The molecule has 0 fully saturated rings. The molecule has 3 heteroatoms. The Kier molecular flexibility index (Phi) is 5.29. The Morgan fingerprint density at radius 1 is 1.38 bits per heavy atom. The first-order chi connectivity index (χ1) is 7.63. The van der Waals surface area contributed by atoms with Crippen molar-refractivity contribution in [2.24, 2.45) is 0 Å². The molecule has 0 atom stereocenters. The summed E-state index contributed by atoms with van der Waals surface area (Å²) in [5.74, 6) is 0.945. The molecule has 0 unspecified atom stereocenters. The zero-order chi connectivity index (χ0) is 12.0. The molecule has 0 aliphatic carbocycles. The van der Waals surface area contributed by atoms with Crippen molar-refractivity contribution in [3.63, 3.8) is 0 Å². The summed E-state index contributed by atoms with van der Waals surface area (Å²) in [6, 6.07) is 6.17. The van der Waals surface area contributed by atoms with E-state index in [1.54, 1.807) is 0 Å². The average Bonchev–Trinajstić information content (AvgIpc) is 2.22. The summed E-state index contributed by atoms with van der Waals surface area (Å²) in [4.78, 5) is 0. The van der Waals surface area contributed by atoms with Gasteiger partial charge in [-0.3, -0.25) is 0 Å². The van der Waals surface area contributed by atoms with Crippen molar-refractivity contribution in [1.29, 1.82) is 0 Å². The molecule has 0 heterocycles. The van der Waals surface area contributed by atoms with Gasteiger partial charge in [-0.05, 0) is 38.0 Å². The maximum Gasteiger partial charge on any atom is 0.122 e. The monoisotopic (exact) mass is 223 g/mol. The lowest BCUT2D eigenvalue weighted by atomic mass is 10.1. The van der Waals surface area contributed by atoms with Crippen molar-refractivity contribution in [3.8, 4) is 5.75 Å². The number of aliphatic hydroxyl groups is 1. The molecule has 0 saturated carbocycles. The SMILES string of the molecule is Cc1cc(CNCCO)ccc1OC(C)C. The second-order valence-electron chi connectivity index (χ2n) is 4.17. The van der Waals surface area contributed by atoms with Crippen LogP contribution in [-0.2, 0) is 6.54 Å². The molecule has 0 aliphatic heterocycles. The Hall–Kier alpha value is -1.06. The Labute approximate surface area is 97.4 Å². The number of aryl methyl sites for hydroxylation is 1. The lowest BCUT2D eigenvalue weighted by molar-refractivity contribution is 0.240. The number of aliphatic hydroxyl groups excluding tert-OH is 1. The van der Waals surface area contributed by atoms with Crippen LogP contribution in [0.25, 0.3) is 0 Å². The van der Waals surface area contributed by atoms with Gasteiger partial charge in [0.1, 0.15) is 5.75 Å². The molecule has 16 heavy (non-hydrogen) atoms. The molecule has 0 saturated heterocycles. The number of nitrogens with one attached hydrogen (secondary N) is 1. The van der Waals surface area contributed by atoms with Crippen LogP contribution in [0.5, 0.6) is 5.75 Å². The molecule has 0 amide bonds. The van der Waals surface area contributed by atoms with Crippen molar-refractivity contribution in [2.75, 3.05) is 13.2 Å². The Morgan fingerprint density at radius 2 is 2.12 bits per heavy atom. The van der Waals surface area contributed by atoms with Crippen LogP contribution in [0, 0.1) is 6.92 Å². The van der Waals surface area contributed by atoms with Gasteiger partial charge in [-0.15, -0.1) is 0 Å². The normalized spacial score (nSPS) is 10.8. The van der Waals surface area contributed by atoms with E-state index in [4.69, 9.17) is 9.84 Å². The summed E-state index contributed by atoms with van der Waals surface area (Å²) < 4.78 is 5.67. The van der Waals surface area contributed by atoms with Crippen molar-refractivity contribution in [2.45, 2.75) is 33.4 Å². The molecule has 0 radical (unpaired) electrons. The summed E-state index contributed by atoms with van der Waals surface area (Å²) in [6.07, 6.45) is 0.206. The fourth-order valence-electron chi connectivity index (χ4n) is 1.52. The van der Waals surface area contributed by atoms with Crippen molar-refractivity contribution < 1.29 is 9.84 Å². The first-order valence-corrected chi connectivity index (χ1v) is 5.71. The van der Waals surface area contributed by atoms with Gasteiger partial charge < -0.3 is 15.2 Å². The van der Waals surface area contributed by atoms with E-state index >= 15 is 0 Å². The zero-order valence-electron chi connectivity index (χ0n) is 10.3. The molecule has 3 nitrogen and oxygen atoms in total. The standard InChI is InChI=1S/C13H21NO2/c1-10(2)16-13-5-4-12(8-11(13)3)9-14-6-7-15/h4-5,8,10,14-15H,6-7,9H2,1-3H3. The summed E-state index contributed by atoms with van der Waals surface area (Å²) in [7, 11) is 0. The minimum Gasteiger partial charge on any atom is -0.491 e. The second kappa shape index (κ2) is 6.51. The Balaban J connectivity index is 2.60. The van der Waals surface area contributed by atoms with Crippen LogP contribution in [0.2, 0.25) is 0 Å². The summed E-state index contributed by atoms with van der Waals surface area (Å²) in [5.41, 5.74) is 2.36. The van der Waals surface area contributed by atoms with Gasteiger partial charge in [0, 0.05) is 13.1 Å². The molecule has 1 rings (SSSR count). The third-order valence-electron chi connectivity index (χ3n) is 2.22. The fraction of sp³-hybridized carbons (Fsp3) is 0.538. The first-order valence-electron chi connectivity index (χ1n) is 5.71. The molecule has 1 aromatic carbocycles. The van der Waals surface area contributed by atoms with Crippen LogP contribution in [0.1, 0.15) is 25.0 Å². The minimum atomic E-state index is 0.174. The van der Waals surface area contributed by atoms with Gasteiger partial charge >= 0.3 is 0 Å². The van der Waals surface area contributed by atoms with Crippen LogP contribution >= 0.6 is 0 Å².